The summed E-state index contributed by atoms with van der Waals surface area (Å²) < 4.78 is 1.64. The Kier molecular flexibility index (Phi) is 13.1. The first-order chi connectivity index (χ1) is 14.8. The molecule has 0 aliphatic rings. The Morgan fingerprint density at radius 1 is 0.667 bits per heavy atom. The lowest BCUT2D eigenvalue weighted by Gasteiger charge is -2.04. The highest BCUT2D eigenvalue weighted by molar-refractivity contribution is 5.30. The molecule has 1 aromatic heterocycles. The molecule has 0 unspecified atom stereocenters. The van der Waals surface area contributed by atoms with E-state index >= 15 is 0 Å². The maximum atomic E-state index is 12.1. The van der Waals surface area contributed by atoms with Crippen LogP contribution in [0.2, 0.25) is 0 Å². The molecule has 1 N–H and O–H groups in total. The SMILES string of the molecule is CCCCCCCCCCCCCCCCCCc1cc(=O)n(-c2ccccc2)[nH]1. The van der Waals surface area contributed by atoms with E-state index in [1.165, 1.54) is 96.3 Å². The molecule has 0 saturated heterocycles. The predicted molar refractivity (Wildman–Crippen MR) is 130 cm³/mol. The second-order valence-electron chi connectivity index (χ2n) is 8.84. The van der Waals surface area contributed by atoms with Crippen molar-refractivity contribution in [3.8, 4) is 5.69 Å². The molecule has 0 spiro atoms. The van der Waals surface area contributed by atoms with Gasteiger partial charge in [-0.1, -0.05) is 121 Å². The number of benzene rings is 1. The molecular weight excluding hydrogens is 368 g/mol. The molecule has 0 radical (unpaired) electrons. The number of aryl methyl sites for hydroxylation is 1. The highest BCUT2D eigenvalue weighted by Crippen LogP contribution is 2.14. The van der Waals surface area contributed by atoms with Crippen LogP contribution in [0, 0.1) is 0 Å². The van der Waals surface area contributed by atoms with Crippen molar-refractivity contribution in [1.82, 2.24) is 9.78 Å². The summed E-state index contributed by atoms with van der Waals surface area (Å²) in [6.45, 7) is 2.29. The van der Waals surface area contributed by atoms with Gasteiger partial charge in [-0.15, -0.1) is 0 Å². The van der Waals surface area contributed by atoms with E-state index in [0.29, 0.717) is 0 Å². The van der Waals surface area contributed by atoms with Gasteiger partial charge in [0.15, 0.2) is 0 Å². The van der Waals surface area contributed by atoms with Crippen LogP contribution in [0.3, 0.4) is 0 Å². The third-order valence-electron chi connectivity index (χ3n) is 6.09. The Bertz CT molecular complexity index is 701. The fourth-order valence-corrected chi connectivity index (χ4v) is 4.21. The molecule has 2 rings (SSSR count). The molecule has 0 fully saturated rings. The minimum Gasteiger partial charge on any atom is -0.295 e. The van der Waals surface area contributed by atoms with Gasteiger partial charge in [-0.25, -0.2) is 4.68 Å². The third-order valence-corrected chi connectivity index (χ3v) is 6.09. The standard InChI is InChI=1S/C27H44N2O/c1-2-3-4-5-6-7-8-9-10-11-12-13-14-15-16-18-21-25-24-27(30)29(28-25)26-22-19-17-20-23-26/h17,19-20,22-24,28H,2-16,18,21H2,1H3. The van der Waals surface area contributed by atoms with Gasteiger partial charge in [-0.3, -0.25) is 9.89 Å². The van der Waals surface area contributed by atoms with E-state index in [4.69, 9.17) is 0 Å². The number of aromatic amines is 1. The molecule has 30 heavy (non-hydrogen) atoms. The minimum absolute atomic E-state index is 0.0349. The van der Waals surface area contributed by atoms with Gasteiger partial charge in [0.05, 0.1) is 5.69 Å². The van der Waals surface area contributed by atoms with Crippen molar-refractivity contribution in [2.24, 2.45) is 0 Å². The number of para-hydroxylation sites is 1. The fraction of sp³-hybridized carbons (Fsp3) is 0.667. The number of nitrogens with one attached hydrogen (secondary N) is 1. The summed E-state index contributed by atoms with van der Waals surface area (Å²) in [5.41, 5.74) is 1.99. The summed E-state index contributed by atoms with van der Waals surface area (Å²) in [5, 5.41) is 3.25. The van der Waals surface area contributed by atoms with E-state index < -0.39 is 0 Å². The summed E-state index contributed by atoms with van der Waals surface area (Å²) in [6.07, 6.45) is 23.1. The van der Waals surface area contributed by atoms with E-state index in [1.54, 1.807) is 10.7 Å². The Morgan fingerprint density at radius 3 is 1.63 bits per heavy atom. The molecule has 3 heteroatoms. The van der Waals surface area contributed by atoms with E-state index in [-0.39, 0.29) is 5.56 Å². The number of aromatic nitrogens is 2. The van der Waals surface area contributed by atoms with Gasteiger partial charge >= 0.3 is 0 Å². The van der Waals surface area contributed by atoms with Crippen LogP contribution in [0.4, 0.5) is 0 Å². The summed E-state index contributed by atoms with van der Waals surface area (Å²) in [7, 11) is 0. The zero-order chi connectivity index (χ0) is 21.3. The smallest absolute Gasteiger partial charge is 0.271 e. The van der Waals surface area contributed by atoms with Crippen molar-refractivity contribution >= 4 is 0 Å². The Labute approximate surface area is 184 Å². The highest BCUT2D eigenvalue weighted by atomic mass is 16.1. The average molecular weight is 413 g/mol. The zero-order valence-electron chi connectivity index (χ0n) is 19.3. The number of nitrogens with zero attached hydrogens (tertiary/aromatic N) is 1. The van der Waals surface area contributed by atoms with Crippen LogP contribution in [-0.2, 0) is 6.42 Å². The van der Waals surface area contributed by atoms with Crippen LogP contribution in [0.15, 0.2) is 41.2 Å². The minimum atomic E-state index is 0.0349. The number of rotatable bonds is 18. The van der Waals surface area contributed by atoms with Gasteiger partial charge in [-0.05, 0) is 25.0 Å². The van der Waals surface area contributed by atoms with Gasteiger partial charge in [0, 0.05) is 11.8 Å². The number of H-pyrrole nitrogens is 1. The quantitative estimate of drug-likeness (QED) is 0.248. The largest absolute Gasteiger partial charge is 0.295 e. The topological polar surface area (TPSA) is 37.8 Å². The molecule has 168 valence electrons. The normalized spacial score (nSPS) is 11.2. The monoisotopic (exact) mass is 412 g/mol. The van der Waals surface area contributed by atoms with Crippen LogP contribution in [0.25, 0.3) is 5.69 Å². The molecule has 0 amide bonds. The van der Waals surface area contributed by atoms with E-state index in [9.17, 15) is 4.79 Å². The molecule has 1 aromatic carbocycles. The Balaban J connectivity index is 1.40. The number of unbranched alkanes of at least 4 members (excludes halogenated alkanes) is 15. The average Bonchev–Trinajstić information content (AvgIpc) is 3.14. The van der Waals surface area contributed by atoms with Gasteiger partial charge in [0.2, 0.25) is 0 Å². The van der Waals surface area contributed by atoms with Gasteiger partial charge < -0.3 is 0 Å². The number of hydrogen-bond donors (Lipinski definition) is 1. The molecule has 0 aliphatic heterocycles. The lowest BCUT2D eigenvalue weighted by atomic mass is 10.0. The molecule has 0 aliphatic carbocycles. The van der Waals surface area contributed by atoms with Crippen molar-refractivity contribution in [2.45, 2.75) is 116 Å². The first-order valence-electron chi connectivity index (χ1n) is 12.7. The molecular formula is C27H44N2O. The summed E-state index contributed by atoms with van der Waals surface area (Å²) in [6, 6.07) is 11.5. The summed E-state index contributed by atoms with van der Waals surface area (Å²) in [5.74, 6) is 0. The van der Waals surface area contributed by atoms with E-state index in [2.05, 4.69) is 12.0 Å². The fourth-order valence-electron chi connectivity index (χ4n) is 4.21. The van der Waals surface area contributed by atoms with Crippen LogP contribution in [0.5, 0.6) is 0 Å². The van der Waals surface area contributed by atoms with Gasteiger partial charge in [0.1, 0.15) is 0 Å². The Morgan fingerprint density at radius 2 is 1.13 bits per heavy atom. The van der Waals surface area contributed by atoms with Crippen molar-refractivity contribution in [2.75, 3.05) is 0 Å². The molecule has 2 aromatic rings. The van der Waals surface area contributed by atoms with Crippen molar-refractivity contribution < 1.29 is 0 Å². The second-order valence-corrected chi connectivity index (χ2v) is 8.84. The van der Waals surface area contributed by atoms with E-state index in [1.807, 2.05) is 30.3 Å². The van der Waals surface area contributed by atoms with Crippen LogP contribution in [0.1, 0.15) is 115 Å². The van der Waals surface area contributed by atoms with Crippen molar-refractivity contribution in [1.29, 1.82) is 0 Å². The first kappa shape index (κ1) is 24.5. The predicted octanol–water partition coefficient (Wildman–Crippen LogP) is 7.97. The van der Waals surface area contributed by atoms with Crippen molar-refractivity contribution in [3.63, 3.8) is 0 Å². The van der Waals surface area contributed by atoms with Gasteiger partial charge in [-0.2, -0.15) is 0 Å². The zero-order valence-corrected chi connectivity index (χ0v) is 19.3. The van der Waals surface area contributed by atoms with Gasteiger partial charge in [0.25, 0.3) is 5.56 Å². The molecule has 0 saturated carbocycles. The molecule has 0 atom stereocenters. The van der Waals surface area contributed by atoms with Crippen LogP contribution in [-0.4, -0.2) is 9.78 Å². The molecule has 3 nitrogen and oxygen atoms in total. The highest BCUT2D eigenvalue weighted by Gasteiger charge is 2.04. The third kappa shape index (κ3) is 10.3. The lowest BCUT2D eigenvalue weighted by Crippen LogP contribution is -2.12. The van der Waals surface area contributed by atoms with Crippen LogP contribution < -0.4 is 5.56 Å². The first-order valence-corrected chi connectivity index (χ1v) is 12.7. The lowest BCUT2D eigenvalue weighted by molar-refractivity contribution is 0.529. The van der Waals surface area contributed by atoms with Crippen LogP contribution >= 0.6 is 0 Å². The number of hydrogen-bond acceptors (Lipinski definition) is 1. The molecule has 1 heterocycles. The summed E-state index contributed by atoms with van der Waals surface area (Å²) >= 11 is 0. The summed E-state index contributed by atoms with van der Waals surface area (Å²) in [4.78, 5) is 12.1. The van der Waals surface area contributed by atoms with Crippen molar-refractivity contribution in [3.05, 3.63) is 52.4 Å². The maximum Gasteiger partial charge on any atom is 0.271 e. The molecule has 0 bridgehead atoms. The van der Waals surface area contributed by atoms with E-state index in [0.717, 1.165) is 24.2 Å². The Hall–Kier alpha value is -1.77. The second kappa shape index (κ2) is 16.0. The maximum absolute atomic E-state index is 12.1.